The number of aromatic nitrogens is 1. The first-order valence-electron chi connectivity index (χ1n) is 13.8. The molecule has 2 aliphatic rings. The second kappa shape index (κ2) is 11.7. The Morgan fingerprint density at radius 3 is 2.55 bits per heavy atom. The van der Waals surface area contributed by atoms with E-state index < -0.39 is 5.91 Å². The van der Waals surface area contributed by atoms with Crippen molar-refractivity contribution in [3.8, 4) is 11.5 Å². The summed E-state index contributed by atoms with van der Waals surface area (Å²) in [6.07, 6.45) is 4.59. The Bertz CT molecular complexity index is 1780. The lowest BCUT2D eigenvalue weighted by molar-refractivity contribution is -0.114. The third kappa shape index (κ3) is 5.73. The molecule has 0 radical (unpaired) electrons. The Morgan fingerprint density at radius 2 is 1.74 bits per heavy atom. The number of fused-ring (bicyclic) bond motifs is 2. The van der Waals surface area contributed by atoms with Crippen molar-refractivity contribution in [2.75, 3.05) is 13.2 Å². The number of amides is 1. The molecule has 0 spiro atoms. The molecule has 0 aliphatic carbocycles. The van der Waals surface area contributed by atoms with Gasteiger partial charge in [-0.2, -0.15) is 15.1 Å². The Balaban J connectivity index is 1.18. The largest absolute Gasteiger partial charge is 0.494 e. The normalized spacial score (nSPS) is 15.7. The number of para-hydroxylation sites is 2. The molecule has 1 N–H and O–H groups in total. The van der Waals surface area contributed by atoms with Crippen LogP contribution in [0.2, 0.25) is 0 Å². The van der Waals surface area contributed by atoms with E-state index in [9.17, 15) is 4.79 Å². The summed E-state index contributed by atoms with van der Waals surface area (Å²) in [6, 6.07) is 22.1. The number of aryl methyl sites for hydroxylation is 4. The molecule has 2 aliphatic heterocycles. The number of benzene rings is 3. The molecule has 4 aromatic rings. The van der Waals surface area contributed by atoms with Crippen molar-refractivity contribution < 1.29 is 14.3 Å². The van der Waals surface area contributed by atoms with Crippen LogP contribution in [0.5, 0.6) is 11.5 Å². The maximum absolute atomic E-state index is 13.1. The number of hydrazone groups is 1. The van der Waals surface area contributed by atoms with Crippen LogP contribution in [-0.2, 0) is 11.3 Å². The van der Waals surface area contributed by atoms with Crippen molar-refractivity contribution in [2.45, 2.75) is 33.7 Å². The quantitative estimate of drug-likeness (QED) is 0.176. The van der Waals surface area contributed by atoms with Crippen molar-refractivity contribution in [1.82, 2.24) is 9.58 Å². The molecule has 0 atom stereocenters. The summed E-state index contributed by atoms with van der Waals surface area (Å²) in [5.41, 5.74) is 5.50. The number of hydrogen-bond donors (Lipinski definition) is 1. The second-order valence-corrected chi connectivity index (χ2v) is 11.4. The number of rotatable bonds is 9. The molecule has 8 nitrogen and oxygen atoms in total. The van der Waals surface area contributed by atoms with E-state index in [0.29, 0.717) is 16.8 Å². The Kier molecular flexibility index (Phi) is 7.67. The van der Waals surface area contributed by atoms with Gasteiger partial charge in [0.1, 0.15) is 23.1 Å². The fourth-order valence-electron chi connectivity index (χ4n) is 5.12. The van der Waals surface area contributed by atoms with Crippen LogP contribution in [0.1, 0.15) is 28.7 Å². The van der Waals surface area contributed by atoms with E-state index >= 15 is 0 Å². The second-order valence-electron chi connectivity index (χ2n) is 10.4. The van der Waals surface area contributed by atoms with Gasteiger partial charge in [0.2, 0.25) is 5.17 Å². The van der Waals surface area contributed by atoms with Gasteiger partial charge >= 0.3 is 0 Å². The predicted molar refractivity (Wildman–Crippen MR) is 170 cm³/mol. The molecule has 1 aromatic heterocycles. The minimum absolute atomic E-state index is 0.00192. The minimum atomic E-state index is -0.450. The lowest BCUT2D eigenvalue weighted by Crippen LogP contribution is -2.35. The smallest absolute Gasteiger partial charge is 0.283 e. The monoisotopic (exact) mass is 577 g/mol. The predicted octanol–water partition coefficient (Wildman–Crippen LogP) is 6.73. The highest BCUT2D eigenvalue weighted by Gasteiger charge is 2.36. The fourth-order valence-corrected chi connectivity index (χ4v) is 5.92. The number of ether oxygens (including phenoxy) is 2. The van der Waals surface area contributed by atoms with Crippen molar-refractivity contribution in [3.63, 3.8) is 0 Å². The molecular formula is C33H31N5O3S. The topological polar surface area (TPSA) is 92.3 Å². The van der Waals surface area contributed by atoms with Gasteiger partial charge in [0.05, 0.1) is 12.2 Å². The van der Waals surface area contributed by atoms with E-state index in [0.717, 1.165) is 46.5 Å². The molecule has 0 saturated carbocycles. The van der Waals surface area contributed by atoms with Crippen molar-refractivity contribution in [2.24, 2.45) is 10.1 Å². The van der Waals surface area contributed by atoms with Gasteiger partial charge in [-0.3, -0.25) is 10.2 Å². The molecule has 0 fully saturated rings. The molecule has 0 unspecified atom stereocenters. The summed E-state index contributed by atoms with van der Waals surface area (Å²) in [5.74, 6) is 1.21. The van der Waals surface area contributed by atoms with Crippen molar-refractivity contribution in [1.29, 1.82) is 5.41 Å². The average molecular weight is 578 g/mol. The number of thioether (sulfide) groups is 1. The third-order valence-corrected chi connectivity index (χ3v) is 7.95. The van der Waals surface area contributed by atoms with E-state index in [1.54, 1.807) is 6.08 Å². The molecule has 42 heavy (non-hydrogen) atoms. The standard InChI is InChI=1S/C33H31N5O3S/c1-21-15-22(2)17-25(16-21)40-14-8-13-37-19-24(26-10-5-6-11-28(26)37)18-27-31(34)38-33(35-32(27)39)42-30(36-38)20-41-29-12-7-4-9-23(29)3/h4-7,9-12,15-19,34H,8,13-14,20H2,1-3H3/b27-18-,34-31?. The van der Waals surface area contributed by atoms with Crippen molar-refractivity contribution >= 4 is 50.7 Å². The number of amidine groups is 2. The van der Waals surface area contributed by atoms with E-state index in [2.05, 4.69) is 52.8 Å². The third-order valence-electron chi connectivity index (χ3n) is 7.07. The van der Waals surface area contributed by atoms with Crippen LogP contribution < -0.4 is 9.47 Å². The minimum Gasteiger partial charge on any atom is -0.494 e. The zero-order chi connectivity index (χ0) is 29.2. The fraction of sp³-hybridized carbons (Fsp3) is 0.212. The highest BCUT2D eigenvalue weighted by atomic mass is 32.2. The molecule has 0 saturated heterocycles. The van der Waals surface area contributed by atoms with E-state index in [4.69, 9.17) is 14.9 Å². The Morgan fingerprint density at radius 1 is 0.976 bits per heavy atom. The molecule has 212 valence electrons. The van der Waals surface area contributed by atoms with Gasteiger partial charge in [-0.15, -0.1) is 0 Å². The SMILES string of the molecule is Cc1cc(C)cc(OCCCn2cc(/C=C3/C(=N)N4N=C(COc5ccccc5C)SC4=NC3=O)c3ccccc32)c1. The highest BCUT2D eigenvalue weighted by molar-refractivity contribution is 8.27. The molecule has 6 rings (SSSR count). The van der Waals surface area contributed by atoms with Crippen LogP contribution in [0, 0.1) is 26.2 Å². The van der Waals surface area contributed by atoms with Crippen LogP contribution in [0.15, 0.2) is 88.6 Å². The summed E-state index contributed by atoms with van der Waals surface area (Å²) >= 11 is 1.25. The van der Waals surface area contributed by atoms with Gasteiger partial charge in [-0.25, -0.2) is 0 Å². The maximum atomic E-state index is 13.1. The van der Waals surface area contributed by atoms with Crippen molar-refractivity contribution in [3.05, 3.63) is 101 Å². The zero-order valence-corrected chi connectivity index (χ0v) is 24.6. The molecule has 0 bridgehead atoms. The summed E-state index contributed by atoms with van der Waals surface area (Å²) in [4.78, 5) is 17.3. The first kappa shape index (κ1) is 27.5. The van der Waals surface area contributed by atoms with E-state index in [1.165, 1.54) is 27.9 Å². The number of aliphatic imine (C=N–C) groups is 1. The molecule has 3 heterocycles. The van der Waals surface area contributed by atoms with Gasteiger partial charge in [0.15, 0.2) is 5.84 Å². The number of carbonyl (C=O) groups excluding carboxylic acids is 1. The maximum Gasteiger partial charge on any atom is 0.283 e. The lowest BCUT2D eigenvalue weighted by Gasteiger charge is -2.20. The van der Waals surface area contributed by atoms with Crippen LogP contribution in [0.25, 0.3) is 17.0 Å². The van der Waals surface area contributed by atoms with Gasteiger partial charge in [0, 0.05) is 29.2 Å². The molecule has 1 amide bonds. The number of carbonyl (C=O) groups is 1. The van der Waals surface area contributed by atoms with Crippen LogP contribution >= 0.6 is 11.8 Å². The van der Waals surface area contributed by atoms with Crippen LogP contribution in [-0.4, -0.2) is 44.7 Å². The number of hydrogen-bond acceptors (Lipinski definition) is 6. The van der Waals surface area contributed by atoms with Crippen LogP contribution in [0.4, 0.5) is 0 Å². The highest BCUT2D eigenvalue weighted by Crippen LogP contribution is 2.31. The molecule has 3 aromatic carbocycles. The Hall–Kier alpha value is -4.63. The number of nitrogens with zero attached hydrogens (tertiary/aromatic N) is 4. The summed E-state index contributed by atoms with van der Waals surface area (Å²) < 4.78 is 14.1. The molecular weight excluding hydrogens is 546 g/mol. The summed E-state index contributed by atoms with van der Waals surface area (Å²) in [7, 11) is 0. The Labute approximate surface area is 248 Å². The van der Waals surface area contributed by atoms with Gasteiger partial charge in [-0.05, 0) is 86.0 Å². The first-order valence-corrected chi connectivity index (χ1v) is 14.6. The van der Waals surface area contributed by atoms with Gasteiger partial charge < -0.3 is 14.0 Å². The van der Waals surface area contributed by atoms with Gasteiger partial charge in [0.25, 0.3) is 5.91 Å². The number of nitrogens with one attached hydrogen (secondary N) is 1. The molecule has 9 heteroatoms. The lowest BCUT2D eigenvalue weighted by atomic mass is 10.1. The summed E-state index contributed by atoms with van der Waals surface area (Å²) in [6.45, 7) is 7.69. The van der Waals surface area contributed by atoms with E-state index in [1.807, 2.05) is 55.6 Å². The van der Waals surface area contributed by atoms with Crippen LogP contribution in [0.3, 0.4) is 0 Å². The average Bonchev–Trinajstić information content (AvgIpc) is 3.53. The zero-order valence-electron chi connectivity index (χ0n) is 23.8. The first-order chi connectivity index (χ1) is 20.4. The summed E-state index contributed by atoms with van der Waals surface area (Å²) in [5, 5.41) is 16.8. The van der Waals surface area contributed by atoms with Gasteiger partial charge in [-0.1, -0.05) is 42.5 Å². The van der Waals surface area contributed by atoms with E-state index in [-0.39, 0.29) is 18.0 Å².